The van der Waals surface area contributed by atoms with Crippen LogP contribution < -0.4 is 9.64 Å². The molecule has 3 rings (SSSR count). The number of aryl methyl sites for hydroxylation is 1. The second-order valence-corrected chi connectivity index (χ2v) is 7.23. The maximum absolute atomic E-state index is 5.27. The van der Waals surface area contributed by atoms with E-state index in [9.17, 15) is 0 Å². The molecule has 2 aromatic rings. The van der Waals surface area contributed by atoms with E-state index < -0.39 is 0 Å². The quantitative estimate of drug-likeness (QED) is 0.836. The van der Waals surface area contributed by atoms with Crippen LogP contribution in [-0.2, 0) is 13.0 Å². The first kappa shape index (κ1) is 17.7. The maximum atomic E-state index is 5.27. The third-order valence-electron chi connectivity index (χ3n) is 4.85. The number of nitrogens with zero attached hydrogens (tertiary/aromatic N) is 4. The molecule has 134 valence electrons. The number of ether oxygens (including phenoxy) is 1. The molecular weight excluding hydrogens is 312 g/mol. The molecule has 25 heavy (non-hydrogen) atoms. The van der Waals surface area contributed by atoms with Crippen LogP contribution in [0.25, 0.3) is 0 Å². The summed E-state index contributed by atoms with van der Waals surface area (Å²) >= 11 is 0. The van der Waals surface area contributed by atoms with Gasteiger partial charge in [0, 0.05) is 61.8 Å². The third kappa shape index (κ3) is 4.10. The zero-order chi connectivity index (χ0) is 17.9. The third-order valence-corrected chi connectivity index (χ3v) is 4.85. The number of piperazine rings is 1. The van der Waals surface area contributed by atoms with Crippen LogP contribution in [0.15, 0.2) is 36.7 Å². The number of rotatable bonds is 5. The second-order valence-electron chi connectivity index (χ2n) is 7.23. The normalized spacial score (nSPS) is 17.5. The summed E-state index contributed by atoms with van der Waals surface area (Å²) in [6, 6.07) is 8.36. The molecule has 0 unspecified atom stereocenters. The van der Waals surface area contributed by atoms with Crippen molar-refractivity contribution < 1.29 is 4.74 Å². The van der Waals surface area contributed by atoms with Gasteiger partial charge in [-0.25, -0.2) is 9.97 Å². The van der Waals surface area contributed by atoms with Gasteiger partial charge in [0.1, 0.15) is 11.6 Å². The van der Waals surface area contributed by atoms with Crippen molar-refractivity contribution in [1.29, 1.82) is 0 Å². The highest BCUT2D eigenvalue weighted by Gasteiger charge is 2.33. The SMILES string of the molecule is CCc1ncc(CN2CCN(c3ccc(OC)cc3)C(C)(C)C2)cn1. The van der Waals surface area contributed by atoms with Gasteiger partial charge in [0.25, 0.3) is 0 Å². The molecule has 0 bridgehead atoms. The molecular formula is C20H28N4O. The van der Waals surface area contributed by atoms with Gasteiger partial charge in [0.05, 0.1) is 7.11 Å². The predicted octanol–water partition coefficient (Wildman–Crippen LogP) is 3.15. The van der Waals surface area contributed by atoms with Crippen LogP contribution in [0.3, 0.4) is 0 Å². The van der Waals surface area contributed by atoms with Gasteiger partial charge >= 0.3 is 0 Å². The van der Waals surface area contributed by atoms with Gasteiger partial charge in [-0.1, -0.05) is 6.92 Å². The van der Waals surface area contributed by atoms with Crippen molar-refractivity contribution in [3.63, 3.8) is 0 Å². The fourth-order valence-electron chi connectivity index (χ4n) is 3.54. The first-order valence-corrected chi connectivity index (χ1v) is 8.95. The summed E-state index contributed by atoms with van der Waals surface area (Å²) in [5.74, 6) is 1.81. The Hall–Kier alpha value is -2.14. The molecule has 1 fully saturated rings. The minimum absolute atomic E-state index is 0.0665. The van der Waals surface area contributed by atoms with Crippen LogP contribution >= 0.6 is 0 Å². The number of hydrogen-bond acceptors (Lipinski definition) is 5. The van der Waals surface area contributed by atoms with E-state index in [4.69, 9.17) is 4.74 Å². The average Bonchev–Trinajstić information content (AvgIpc) is 2.62. The Morgan fingerprint density at radius 1 is 1.08 bits per heavy atom. The Morgan fingerprint density at radius 3 is 2.32 bits per heavy atom. The van der Waals surface area contributed by atoms with Crippen LogP contribution in [0.4, 0.5) is 5.69 Å². The van der Waals surface area contributed by atoms with Crippen LogP contribution in [0, 0.1) is 0 Å². The highest BCUT2D eigenvalue weighted by Crippen LogP contribution is 2.29. The molecule has 1 aromatic heterocycles. The van der Waals surface area contributed by atoms with E-state index in [1.54, 1.807) is 7.11 Å². The van der Waals surface area contributed by atoms with Crippen molar-refractivity contribution in [1.82, 2.24) is 14.9 Å². The Labute approximate surface area is 150 Å². The van der Waals surface area contributed by atoms with Crippen LogP contribution in [-0.4, -0.2) is 47.2 Å². The van der Waals surface area contributed by atoms with E-state index >= 15 is 0 Å². The molecule has 5 heteroatoms. The lowest BCUT2D eigenvalue weighted by molar-refractivity contribution is 0.175. The van der Waals surface area contributed by atoms with Gasteiger partial charge < -0.3 is 9.64 Å². The lowest BCUT2D eigenvalue weighted by Gasteiger charge is -2.48. The second kappa shape index (κ2) is 7.40. The van der Waals surface area contributed by atoms with Crippen molar-refractivity contribution in [2.24, 2.45) is 0 Å². The monoisotopic (exact) mass is 340 g/mol. The fraction of sp³-hybridized carbons (Fsp3) is 0.500. The summed E-state index contributed by atoms with van der Waals surface area (Å²) in [5, 5.41) is 0. The van der Waals surface area contributed by atoms with Crippen LogP contribution in [0.1, 0.15) is 32.2 Å². The van der Waals surface area contributed by atoms with Gasteiger partial charge in [-0.05, 0) is 38.1 Å². The zero-order valence-corrected chi connectivity index (χ0v) is 15.7. The van der Waals surface area contributed by atoms with Crippen LogP contribution in [0.2, 0.25) is 0 Å². The van der Waals surface area contributed by atoms with E-state index in [0.717, 1.165) is 44.2 Å². The van der Waals surface area contributed by atoms with Crippen molar-refractivity contribution in [2.45, 2.75) is 39.3 Å². The molecule has 0 N–H and O–H groups in total. The van der Waals surface area contributed by atoms with Crippen LogP contribution in [0.5, 0.6) is 5.75 Å². The van der Waals surface area contributed by atoms with Crippen molar-refractivity contribution in [3.05, 3.63) is 48.0 Å². The predicted molar refractivity (Wildman–Crippen MR) is 101 cm³/mol. The molecule has 0 amide bonds. The van der Waals surface area contributed by atoms with Crippen molar-refractivity contribution in [2.75, 3.05) is 31.6 Å². The molecule has 1 saturated heterocycles. The minimum atomic E-state index is 0.0665. The molecule has 1 aliphatic heterocycles. The van der Waals surface area contributed by atoms with Gasteiger partial charge in [-0.15, -0.1) is 0 Å². The number of aromatic nitrogens is 2. The molecule has 1 aromatic carbocycles. The van der Waals surface area contributed by atoms with Gasteiger partial charge in [-0.3, -0.25) is 4.90 Å². The standard InChI is InChI=1S/C20H28N4O/c1-5-19-21-12-16(13-22-19)14-23-10-11-24(20(2,3)15-23)17-6-8-18(25-4)9-7-17/h6-9,12-13H,5,10-11,14-15H2,1-4H3. The topological polar surface area (TPSA) is 41.5 Å². The summed E-state index contributed by atoms with van der Waals surface area (Å²) in [6.45, 7) is 10.6. The number of hydrogen-bond donors (Lipinski definition) is 0. The molecule has 0 radical (unpaired) electrons. The Morgan fingerprint density at radius 2 is 1.76 bits per heavy atom. The smallest absolute Gasteiger partial charge is 0.127 e. The van der Waals surface area contributed by atoms with Gasteiger partial charge in [0.2, 0.25) is 0 Å². The molecule has 5 nitrogen and oxygen atoms in total. The highest BCUT2D eigenvalue weighted by molar-refractivity contribution is 5.51. The zero-order valence-electron chi connectivity index (χ0n) is 15.7. The highest BCUT2D eigenvalue weighted by atomic mass is 16.5. The van der Waals surface area contributed by atoms with E-state index in [1.165, 1.54) is 11.3 Å². The van der Waals surface area contributed by atoms with Gasteiger partial charge in [0.15, 0.2) is 0 Å². The number of anilines is 1. The maximum Gasteiger partial charge on any atom is 0.127 e. The number of methoxy groups -OCH3 is 1. The number of benzene rings is 1. The summed E-state index contributed by atoms with van der Waals surface area (Å²) in [5.41, 5.74) is 2.50. The molecule has 0 saturated carbocycles. The summed E-state index contributed by atoms with van der Waals surface area (Å²) < 4.78 is 5.27. The van der Waals surface area contributed by atoms with E-state index in [0.29, 0.717) is 0 Å². The summed E-state index contributed by atoms with van der Waals surface area (Å²) in [4.78, 5) is 13.8. The fourth-order valence-corrected chi connectivity index (χ4v) is 3.54. The average molecular weight is 340 g/mol. The Balaban J connectivity index is 1.66. The van der Waals surface area contributed by atoms with E-state index in [1.807, 2.05) is 24.5 Å². The van der Waals surface area contributed by atoms with E-state index in [2.05, 4.69) is 52.7 Å². The largest absolute Gasteiger partial charge is 0.497 e. The summed E-state index contributed by atoms with van der Waals surface area (Å²) in [6.07, 6.45) is 4.82. The first-order chi connectivity index (χ1) is 12.0. The molecule has 0 aliphatic carbocycles. The Kier molecular flexibility index (Phi) is 5.23. The van der Waals surface area contributed by atoms with Gasteiger partial charge in [-0.2, -0.15) is 0 Å². The van der Waals surface area contributed by atoms with Crippen molar-refractivity contribution in [3.8, 4) is 5.75 Å². The lowest BCUT2D eigenvalue weighted by Crippen LogP contribution is -2.59. The first-order valence-electron chi connectivity index (χ1n) is 8.95. The molecule has 2 heterocycles. The Bertz CT molecular complexity index is 682. The van der Waals surface area contributed by atoms with Crippen molar-refractivity contribution >= 4 is 5.69 Å². The molecule has 0 spiro atoms. The lowest BCUT2D eigenvalue weighted by atomic mass is 9.97. The molecule has 1 aliphatic rings. The summed E-state index contributed by atoms with van der Waals surface area (Å²) in [7, 11) is 1.70. The van der Waals surface area contributed by atoms with E-state index in [-0.39, 0.29) is 5.54 Å². The molecule has 0 atom stereocenters. The minimum Gasteiger partial charge on any atom is -0.497 e.